The van der Waals surface area contributed by atoms with E-state index in [4.69, 9.17) is 9.02 Å². The van der Waals surface area contributed by atoms with E-state index < -0.39 is 0 Å². The molecular formula is C6H9NO2S. The normalized spacial score (nSPS) is 44.5. The Bertz CT molecular complexity index is 214. The molecule has 1 fully saturated rings. The van der Waals surface area contributed by atoms with Gasteiger partial charge in [0, 0.05) is 5.57 Å². The Labute approximate surface area is 64.3 Å². The quantitative estimate of drug-likeness (QED) is 0.306. The second-order valence-corrected chi connectivity index (χ2v) is 3.32. The van der Waals surface area contributed by atoms with Gasteiger partial charge in [0.2, 0.25) is 5.72 Å². The second kappa shape index (κ2) is 1.69. The lowest BCUT2D eigenvalue weighted by molar-refractivity contribution is 0.281. The highest BCUT2D eigenvalue weighted by Gasteiger charge is 2.58. The lowest BCUT2D eigenvalue weighted by Gasteiger charge is -2.14. The van der Waals surface area contributed by atoms with Crippen LogP contribution in [0.2, 0.25) is 0 Å². The average molecular weight is 159 g/mol. The first-order valence-electron chi connectivity index (χ1n) is 3.16. The summed E-state index contributed by atoms with van der Waals surface area (Å²) in [5.74, 6) is 0.959. The van der Waals surface area contributed by atoms with E-state index in [0.717, 1.165) is 11.3 Å². The maximum Gasteiger partial charge on any atom is 0.202 e. The van der Waals surface area contributed by atoms with Gasteiger partial charge in [-0.05, 0) is 20.8 Å². The van der Waals surface area contributed by atoms with Crippen molar-refractivity contribution in [3.63, 3.8) is 0 Å². The van der Waals surface area contributed by atoms with Gasteiger partial charge in [-0.15, -0.1) is 0 Å². The first-order valence-corrected chi connectivity index (χ1v) is 3.86. The monoisotopic (exact) mass is 159 g/mol. The van der Waals surface area contributed by atoms with E-state index in [-0.39, 0.29) is 5.72 Å². The molecule has 2 heterocycles. The fourth-order valence-electron chi connectivity index (χ4n) is 0.912. The molecule has 2 aliphatic rings. The second-order valence-electron chi connectivity index (χ2n) is 2.67. The van der Waals surface area contributed by atoms with Crippen molar-refractivity contribution in [2.45, 2.75) is 26.5 Å². The summed E-state index contributed by atoms with van der Waals surface area (Å²) in [6, 6.07) is 0. The van der Waals surface area contributed by atoms with Gasteiger partial charge in [-0.3, -0.25) is 4.84 Å². The van der Waals surface area contributed by atoms with E-state index in [0.29, 0.717) is 0 Å². The Morgan fingerprint density at radius 3 is 2.80 bits per heavy atom. The van der Waals surface area contributed by atoms with Gasteiger partial charge in [0.15, 0.2) is 12.2 Å². The summed E-state index contributed by atoms with van der Waals surface area (Å²) in [5.41, 5.74) is 0.985. The van der Waals surface area contributed by atoms with Gasteiger partial charge in [-0.1, -0.05) is 4.47 Å². The maximum absolute atomic E-state index is 5.26. The molecule has 3 nitrogen and oxygen atoms in total. The summed E-state index contributed by atoms with van der Waals surface area (Å²) in [6.07, 6.45) is 0. The summed E-state index contributed by atoms with van der Waals surface area (Å²) in [4.78, 5) is 5.26. The predicted molar refractivity (Wildman–Crippen MR) is 38.4 cm³/mol. The first kappa shape index (κ1) is 6.52. The van der Waals surface area contributed by atoms with Crippen LogP contribution >= 0.6 is 12.2 Å². The number of hydrogen-bond donors (Lipinski definition) is 0. The molecule has 2 atom stereocenters. The first-order chi connectivity index (χ1) is 4.64. The highest BCUT2D eigenvalue weighted by atomic mass is 32.2. The van der Waals surface area contributed by atoms with Gasteiger partial charge >= 0.3 is 0 Å². The molecule has 0 bridgehead atoms. The van der Waals surface area contributed by atoms with Crippen molar-refractivity contribution in [1.82, 2.24) is 4.47 Å². The number of allylic oxidation sites excluding steroid dienone is 1. The molecule has 0 aromatic heterocycles. The van der Waals surface area contributed by atoms with Crippen LogP contribution in [0.4, 0.5) is 0 Å². The fraction of sp³-hybridized carbons (Fsp3) is 0.667. The number of hydrogen-bond acceptors (Lipinski definition) is 4. The lowest BCUT2D eigenvalue weighted by atomic mass is 10.1. The molecule has 0 spiro atoms. The molecule has 4 heteroatoms. The zero-order valence-electron chi connectivity index (χ0n) is 6.17. The van der Waals surface area contributed by atoms with Crippen molar-refractivity contribution < 1.29 is 9.02 Å². The van der Waals surface area contributed by atoms with Crippen molar-refractivity contribution >= 4 is 12.2 Å². The van der Waals surface area contributed by atoms with Crippen LogP contribution in [0, 0.1) is 0 Å². The molecule has 1 saturated heterocycles. The molecule has 10 heavy (non-hydrogen) atoms. The van der Waals surface area contributed by atoms with Crippen LogP contribution < -0.4 is 0 Å². The molecule has 2 unspecified atom stereocenters. The third kappa shape index (κ3) is 0.639. The molecule has 0 aromatic carbocycles. The molecule has 0 aromatic rings. The van der Waals surface area contributed by atoms with Crippen LogP contribution in [0.1, 0.15) is 20.8 Å². The molecule has 0 amide bonds. The molecule has 2 aliphatic heterocycles. The third-order valence-corrected chi connectivity index (χ3v) is 2.91. The standard InChI is InChI=1S/C6H9NO2S/c1-4-5(2)8-10-7-6(4,3)9-7/h1-3H3. The van der Waals surface area contributed by atoms with Crippen molar-refractivity contribution in [3.05, 3.63) is 11.3 Å². The molecule has 0 saturated carbocycles. The minimum absolute atomic E-state index is 0.174. The maximum atomic E-state index is 5.26. The summed E-state index contributed by atoms with van der Waals surface area (Å²) < 4.78 is 6.95. The SMILES string of the molecule is CC1=C(C)C2(C)ON2SO1. The highest BCUT2D eigenvalue weighted by Crippen LogP contribution is 2.51. The van der Waals surface area contributed by atoms with Crippen LogP contribution in [0.15, 0.2) is 11.3 Å². The van der Waals surface area contributed by atoms with Gasteiger partial charge in [0.05, 0.1) is 0 Å². The van der Waals surface area contributed by atoms with Crippen LogP contribution in [0.25, 0.3) is 0 Å². The van der Waals surface area contributed by atoms with Crippen LogP contribution in [0.5, 0.6) is 0 Å². The topological polar surface area (TPSA) is 24.8 Å². The molecule has 0 N–H and O–H groups in total. The zero-order valence-corrected chi connectivity index (χ0v) is 6.99. The highest BCUT2D eigenvalue weighted by molar-refractivity contribution is 7.92. The van der Waals surface area contributed by atoms with Crippen LogP contribution in [0.3, 0.4) is 0 Å². The van der Waals surface area contributed by atoms with E-state index in [1.807, 2.05) is 20.8 Å². The van der Waals surface area contributed by atoms with E-state index in [2.05, 4.69) is 0 Å². The predicted octanol–water partition coefficient (Wildman–Crippen LogP) is 1.84. The number of rotatable bonds is 0. The summed E-state index contributed by atoms with van der Waals surface area (Å²) >= 11 is 1.26. The molecular weight excluding hydrogens is 150 g/mol. The Balaban J connectivity index is 2.35. The summed E-state index contributed by atoms with van der Waals surface area (Å²) in [5, 5.41) is 0. The minimum atomic E-state index is -0.174. The Kier molecular flexibility index (Phi) is 1.10. The van der Waals surface area contributed by atoms with Crippen LogP contribution in [-0.2, 0) is 9.02 Å². The number of hydroxylamine groups is 1. The largest absolute Gasteiger partial charge is 0.413 e. The lowest BCUT2D eigenvalue weighted by Crippen LogP contribution is -2.17. The summed E-state index contributed by atoms with van der Waals surface area (Å²) in [6.45, 7) is 6.00. The zero-order chi connectivity index (χ0) is 7.35. The van der Waals surface area contributed by atoms with Gasteiger partial charge in [-0.2, -0.15) is 0 Å². The van der Waals surface area contributed by atoms with E-state index in [1.54, 1.807) is 4.47 Å². The Hall–Kier alpha value is -0.190. The molecule has 56 valence electrons. The van der Waals surface area contributed by atoms with Gasteiger partial charge < -0.3 is 4.18 Å². The number of nitrogens with zero attached hydrogens (tertiary/aromatic N) is 1. The third-order valence-electron chi connectivity index (χ3n) is 2.03. The summed E-state index contributed by atoms with van der Waals surface area (Å²) in [7, 11) is 0. The van der Waals surface area contributed by atoms with Crippen molar-refractivity contribution in [2.24, 2.45) is 0 Å². The molecule has 0 radical (unpaired) electrons. The van der Waals surface area contributed by atoms with Crippen molar-refractivity contribution in [2.75, 3.05) is 0 Å². The number of fused-ring (bicyclic) bond motifs is 1. The molecule has 0 aliphatic carbocycles. The van der Waals surface area contributed by atoms with E-state index >= 15 is 0 Å². The van der Waals surface area contributed by atoms with E-state index in [1.165, 1.54) is 12.2 Å². The Morgan fingerprint density at radius 2 is 2.20 bits per heavy atom. The minimum Gasteiger partial charge on any atom is -0.413 e. The average Bonchev–Trinajstić information content (AvgIpc) is 2.55. The smallest absolute Gasteiger partial charge is 0.202 e. The van der Waals surface area contributed by atoms with Crippen LogP contribution in [-0.4, -0.2) is 10.2 Å². The molecule has 2 rings (SSSR count). The van der Waals surface area contributed by atoms with E-state index in [9.17, 15) is 0 Å². The van der Waals surface area contributed by atoms with Crippen molar-refractivity contribution in [3.8, 4) is 0 Å². The fourth-order valence-corrected chi connectivity index (χ4v) is 1.67. The van der Waals surface area contributed by atoms with Gasteiger partial charge in [-0.25, -0.2) is 0 Å². The van der Waals surface area contributed by atoms with Gasteiger partial charge in [0.25, 0.3) is 0 Å². The Morgan fingerprint density at radius 1 is 1.50 bits per heavy atom. The van der Waals surface area contributed by atoms with Gasteiger partial charge in [0.1, 0.15) is 5.76 Å². The van der Waals surface area contributed by atoms with Crippen molar-refractivity contribution in [1.29, 1.82) is 0 Å².